The number of hydrogen-bond acceptors (Lipinski definition) is 4. The van der Waals surface area contributed by atoms with Crippen molar-refractivity contribution in [2.75, 3.05) is 23.1 Å². The average molecular weight is 299 g/mol. The number of rotatable bonds is 3. The van der Waals surface area contributed by atoms with Crippen LogP contribution in [0.4, 0.5) is 5.69 Å². The maximum atomic E-state index is 11.4. The summed E-state index contributed by atoms with van der Waals surface area (Å²) in [7, 11) is -3.11. The van der Waals surface area contributed by atoms with Crippen molar-refractivity contribution in [3.05, 3.63) is 24.3 Å². The van der Waals surface area contributed by atoms with Gasteiger partial charge in [0.2, 0.25) is 0 Å². The van der Waals surface area contributed by atoms with Crippen molar-refractivity contribution in [1.29, 1.82) is 0 Å². The number of benzene rings is 1. The van der Waals surface area contributed by atoms with Crippen molar-refractivity contribution in [2.24, 2.45) is 5.41 Å². The maximum absolute atomic E-state index is 11.4. The lowest BCUT2D eigenvalue weighted by Crippen LogP contribution is -2.41. The molecule has 0 spiro atoms. The molecule has 0 amide bonds. The fourth-order valence-electron chi connectivity index (χ4n) is 2.17. The molecule has 1 N–H and O–H groups in total. The Morgan fingerprint density at radius 1 is 1.26 bits per heavy atom. The fourth-order valence-corrected chi connectivity index (χ4v) is 4.41. The largest absolute Gasteiger partial charge is 0.381 e. The van der Waals surface area contributed by atoms with Crippen LogP contribution >= 0.6 is 11.8 Å². The summed E-state index contributed by atoms with van der Waals surface area (Å²) < 4.78 is 22.8. The highest BCUT2D eigenvalue weighted by Gasteiger charge is 2.32. The van der Waals surface area contributed by atoms with Crippen molar-refractivity contribution in [3.63, 3.8) is 0 Å². The molecule has 1 aliphatic heterocycles. The number of nitrogens with one attached hydrogen (secondary N) is 1. The molecule has 1 atom stereocenters. The van der Waals surface area contributed by atoms with Crippen LogP contribution in [0.3, 0.4) is 0 Å². The molecular formula is C14H21NO2S2. The van der Waals surface area contributed by atoms with Gasteiger partial charge < -0.3 is 5.32 Å². The summed E-state index contributed by atoms with van der Waals surface area (Å²) >= 11 is 1.97. The highest BCUT2D eigenvalue weighted by atomic mass is 32.2. The van der Waals surface area contributed by atoms with E-state index in [1.54, 1.807) is 12.1 Å². The van der Waals surface area contributed by atoms with Crippen molar-refractivity contribution >= 4 is 27.3 Å². The van der Waals surface area contributed by atoms with Crippen LogP contribution in [-0.2, 0) is 9.84 Å². The molecule has 0 bridgehead atoms. The zero-order valence-electron chi connectivity index (χ0n) is 11.6. The summed E-state index contributed by atoms with van der Waals surface area (Å²) in [5.41, 5.74) is 1.27. The van der Waals surface area contributed by atoms with Crippen LogP contribution in [-0.4, -0.2) is 32.2 Å². The van der Waals surface area contributed by atoms with E-state index in [1.165, 1.54) is 18.4 Å². The van der Waals surface area contributed by atoms with E-state index in [0.29, 0.717) is 10.9 Å². The Balaban J connectivity index is 2.11. The molecule has 1 saturated heterocycles. The van der Waals surface area contributed by atoms with Crippen molar-refractivity contribution in [2.45, 2.75) is 31.2 Å². The normalized spacial score (nSPS) is 23.0. The summed E-state index contributed by atoms with van der Waals surface area (Å²) in [6.45, 7) is 4.57. The topological polar surface area (TPSA) is 46.2 Å². The molecule has 19 heavy (non-hydrogen) atoms. The smallest absolute Gasteiger partial charge is 0.175 e. The first-order valence-corrected chi connectivity index (χ1v) is 9.48. The van der Waals surface area contributed by atoms with Gasteiger partial charge in [0.15, 0.2) is 9.84 Å². The highest BCUT2D eigenvalue weighted by molar-refractivity contribution is 7.99. The molecule has 106 valence electrons. The molecule has 1 fully saturated rings. The molecule has 1 heterocycles. The molecule has 1 aromatic rings. The van der Waals surface area contributed by atoms with E-state index in [4.69, 9.17) is 0 Å². The first-order valence-electron chi connectivity index (χ1n) is 6.43. The zero-order chi connectivity index (χ0) is 14.1. The van der Waals surface area contributed by atoms with Crippen molar-refractivity contribution in [3.8, 4) is 0 Å². The number of thioether (sulfide) groups is 1. The molecular weight excluding hydrogens is 278 g/mol. The van der Waals surface area contributed by atoms with E-state index in [1.807, 2.05) is 23.9 Å². The van der Waals surface area contributed by atoms with E-state index >= 15 is 0 Å². The van der Waals surface area contributed by atoms with Crippen LogP contribution in [0.2, 0.25) is 0 Å². The summed E-state index contributed by atoms with van der Waals surface area (Å²) in [6, 6.07) is 7.47. The van der Waals surface area contributed by atoms with Crippen LogP contribution in [0.15, 0.2) is 29.2 Å². The minimum Gasteiger partial charge on any atom is -0.381 e. The molecule has 1 unspecified atom stereocenters. The zero-order valence-corrected chi connectivity index (χ0v) is 13.3. The van der Waals surface area contributed by atoms with Gasteiger partial charge in [0.1, 0.15) is 0 Å². The Labute approximate surface area is 120 Å². The molecule has 0 aliphatic carbocycles. The van der Waals surface area contributed by atoms with E-state index in [9.17, 15) is 8.42 Å². The Morgan fingerprint density at radius 3 is 2.42 bits per heavy atom. The second-order valence-electron chi connectivity index (χ2n) is 5.81. The van der Waals surface area contributed by atoms with E-state index in [2.05, 4.69) is 19.2 Å². The van der Waals surface area contributed by atoms with E-state index in [-0.39, 0.29) is 5.41 Å². The van der Waals surface area contributed by atoms with Crippen LogP contribution < -0.4 is 5.32 Å². The van der Waals surface area contributed by atoms with E-state index < -0.39 is 9.84 Å². The lowest BCUT2D eigenvalue weighted by atomic mass is 9.82. The predicted molar refractivity (Wildman–Crippen MR) is 82.7 cm³/mol. The molecule has 1 aliphatic rings. The lowest BCUT2D eigenvalue weighted by Gasteiger charge is -2.39. The van der Waals surface area contributed by atoms with Crippen molar-refractivity contribution < 1.29 is 8.42 Å². The average Bonchev–Trinajstić information content (AvgIpc) is 2.31. The van der Waals surface area contributed by atoms with E-state index in [0.717, 1.165) is 11.4 Å². The van der Waals surface area contributed by atoms with Gasteiger partial charge in [-0.3, -0.25) is 0 Å². The molecule has 5 heteroatoms. The lowest BCUT2D eigenvalue weighted by molar-refractivity contribution is 0.305. The van der Waals surface area contributed by atoms with Gasteiger partial charge >= 0.3 is 0 Å². The van der Waals surface area contributed by atoms with Crippen LogP contribution in [0.5, 0.6) is 0 Å². The Morgan fingerprint density at radius 2 is 1.89 bits per heavy atom. The second-order valence-corrected chi connectivity index (χ2v) is 8.97. The van der Waals surface area contributed by atoms with Gasteiger partial charge in [-0.15, -0.1) is 0 Å². The first kappa shape index (κ1) is 14.7. The number of anilines is 1. The van der Waals surface area contributed by atoms with Gasteiger partial charge in [-0.05, 0) is 41.9 Å². The third-order valence-electron chi connectivity index (χ3n) is 3.74. The second kappa shape index (κ2) is 5.37. The molecule has 3 nitrogen and oxygen atoms in total. The fraction of sp³-hybridized carbons (Fsp3) is 0.571. The van der Waals surface area contributed by atoms with Gasteiger partial charge in [0, 0.05) is 23.7 Å². The molecule has 2 rings (SSSR count). The number of sulfone groups is 1. The minimum absolute atomic E-state index is 0.279. The third kappa shape index (κ3) is 3.66. The van der Waals surface area contributed by atoms with Crippen LogP contribution in [0.1, 0.15) is 20.3 Å². The van der Waals surface area contributed by atoms with Crippen molar-refractivity contribution in [1.82, 2.24) is 0 Å². The summed E-state index contributed by atoms with van der Waals surface area (Å²) in [5, 5.41) is 3.53. The highest BCUT2D eigenvalue weighted by Crippen LogP contribution is 2.36. The van der Waals surface area contributed by atoms with Crippen LogP contribution in [0.25, 0.3) is 0 Å². The van der Waals surface area contributed by atoms with Gasteiger partial charge in [0.05, 0.1) is 4.90 Å². The quantitative estimate of drug-likeness (QED) is 0.932. The summed E-state index contributed by atoms with van der Waals surface area (Å²) in [5.74, 6) is 2.32. The van der Waals surface area contributed by atoms with Crippen LogP contribution in [0, 0.1) is 5.41 Å². The predicted octanol–water partition coefficient (Wildman–Crippen LogP) is 3.03. The Hall–Kier alpha value is -0.680. The third-order valence-corrected chi connectivity index (χ3v) is 5.93. The van der Waals surface area contributed by atoms with Gasteiger partial charge in [-0.1, -0.05) is 13.8 Å². The monoisotopic (exact) mass is 299 g/mol. The maximum Gasteiger partial charge on any atom is 0.175 e. The van der Waals surface area contributed by atoms with Gasteiger partial charge in [0.25, 0.3) is 0 Å². The Kier molecular flexibility index (Phi) is 4.16. The first-order chi connectivity index (χ1) is 8.79. The summed E-state index contributed by atoms with van der Waals surface area (Å²) in [4.78, 5) is 0.371. The molecule has 0 saturated carbocycles. The molecule has 0 aromatic heterocycles. The molecule has 1 aromatic carbocycles. The van der Waals surface area contributed by atoms with Gasteiger partial charge in [-0.25, -0.2) is 8.42 Å². The molecule has 0 radical (unpaired) electrons. The Bertz CT molecular complexity index is 535. The number of hydrogen-bond donors (Lipinski definition) is 1. The summed E-state index contributed by atoms with van der Waals surface area (Å²) in [6.07, 6.45) is 2.44. The standard InChI is InChI=1S/C14H21NO2S2/c1-14(2)8-9-18-10-13(14)15-11-4-6-12(7-5-11)19(3,16)17/h4-7,13,15H,8-10H2,1-3H3. The van der Waals surface area contributed by atoms with Gasteiger partial charge in [-0.2, -0.15) is 11.8 Å². The SMILES string of the molecule is CC1(C)CCSCC1Nc1ccc(S(C)(=O)=O)cc1. The minimum atomic E-state index is -3.11.